The highest BCUT2D eigenvalue weighted by atomic mass is 35.5. The lowest BCUT2D eigenvalue weighted by Gasteiger charge is -2.40. The highest BCUT2D eigenvalue weighted by Gasteiger charge is 2.31. The summed E-state index contributed by atoms with van der Waals surface area (Å²) in [6, 6.07) is 1.68. The first kappa shape index (κ1) is 9.96. The van der Waals surface area contributed by atoms with Crippen LogP contribution in [0.2, 0.25) is 10.3 Å². The van der Waals surface area contributed by atoms with Crippen molar-refractivity contribution in [2.75, 3.05) is 18.4 Å². The summed E-state index contributed by atoms with van der Waals surface area (Å²) in [5, 5.41) is 14.5. The maximum absolute atomic E-state index is 5.87. The molecule has 0 aliphatic carbocycles. The Hall–Kier alpha value is -0.580. The van der Waals surface area contributed by atoms with Gasteiger partial charge in [0.05, 0.1) is 11.2 Å². The second kappa shape index (κ2) is 3.53. The Morgan fingerprint density at radius 2 is 2.14 bits per heavy atom. The SMILES string of the molecule is CC1(Nc2cc(Cl)nnc2Cl)CNC1. The van der Waals surface area contributed by atoms with Crippen LogP contribution in [-0.2, 0) is 0 Å². The second-order valence-corrected chi connectivity index (χ2v) is 4.41. The largest absolute Gasteiger partial charge is 0.375 e. The average molecular weight is 233 g/mol. The smallest absolute Gasteiger partial charge is 0.174 e. The molecule has 1 aliphatic rings. The molecule has 2 rings (SSSR count). The predicted octanol–water partition coefficient (Wildman–Crippen LogP) is 1.56. The van der Waals surface area contributed by atoms with Crippen LogP contribution in [-0.4, -0.2) is 28.8 Å². The van der Waals surface area contributed by atoms with E-state index >= 15 is 0 Å². The summed E-state index contributed by atoms with van der Waals surface area (Å²) >= 11 is 11.6. The fraction of sp³-hybridized carbons (Fsp3) is 0.500. The Balaban J connectivity index is 2.19. The molecule has 14 heavy (non-hydrogen) atoms. The van der Waals surface area contributed by atoms with Gasteiger partial charge in [-0.15, -0.1) is 10.2 Å². The van der Waals surface area contributed by atoms with E-state index in [0.717, 1.165) is 18.8 Å². The summed E-state index contributed by atoms with van der Waals surface area (Å²) in [7, 11) is 0. The van der Waals surface area contributed by atoms with Crippen molar-refractivity contribution in [1.82, 2.24) is 15.5 Å². The molecule has 0 radical (unpaired) electrons. The molecule has 6 heteroatoms. The molecule has 0 amide bonds. The van der Waals surface area contributed by atoms with Crippen LogP contribution in [0.15, 0.2) is 6.07 Å². The zero-order valence-corrected chi connectivity index (χ0v) is 9.15. The number of nitrogens with zero attached hydrogens (tertiary/aromatic N) is 2. The third kappa shape index (κ3) is 1.92. The van der Waals surface area contributed by atoms with Crippen LogP contribution in [0.5, 0.6) is 0 Å². The zero-order valence-electron chi connectivity index (χ0n) is 7.64. The van der Waals surface area contributed by atoms with Crippen LogP contribution in [0.1, 0.15) is 6.92 Å². The van der Waals surface area contributed by atoms with Crippen molar-refractivity contribution < 1.29 is 0 Å². The average Bonchev–Trinajstić information content (AvgIpc) is 2.09. The summed E-state index contributed by atoms with van der Waals surface area (Å²) in [6.45, 7) is 3.92. The number of nitrogens with one attached hydrogen (secondary N) is 2. The van der Waals surface area contributed by atoms with Gasteiger partial charge in [-0.3, -0.25) is 0 Å². The Morgan fingerprint density at radius 1 is 1.43 bits per heavy atom. The first-order valence-electron chi connectivity index (χ1n) is 4.27. The highest BCUT2D eigenvalue weighted by molar-refractivity contribution is 6.33. The molecule has 4 nitrogen and oxygen atoms in total. The first-order chi connectivity index (χ1) is 6.59. The van der Waals surface area contributed by atoms with Gasteiger partial charge in [0.25, 0.3) is 0 Å². The standard InChI is InChI=1S/C8H10Cl2N4/c1-8(3-11-4-8)12-5-2-6(9)13-14-7(5)10/h2,11H,3-4H2,1H3,(H,12,13). The van der Waals surface area contributed by atoms with Crippen LogP contribution in [0, 0.1) is 0 Å². The summed E-state index contributed by atoms with van der Waals surface area (Å²) in [6.07, 6.45) is 0. The van der Waals surface area contributed by atoms with Gasteiger partial charge < -0.3 is 10.6 Å². The van der Waals surface area contributed by atoms with Gasteiger partial charge in [-0.25, -0.2) is 0 Å². The van der Waals surface area contributed by atoms with Crippen molar-refractivity contribution in [3.63, 3.8) is 0 Å². The zero-order chi connectivity index (χ0) is 10.2. The Kier molecular flexibility index (Phi) is 2.51. The summed E-state index contributed by atoms with van der Waals surface area (Å²) in [4.78, 5) is 0. The molecular weight excluding hydrogens is 223 g/mol. The molecule has 0 aromatic carbocycles. The molecule has 2 N–H and O–H groups in total. The molecule has 2 heterocycles. The quantitative estimate of drug-likeness (QED) is 0.813. The van der Waals surface area contributed by atoms with Gasteiger partial charge in [0.15, 0.2) is 10.3 Å². The number of rotatable bonds is 2. The van der Waals surface area contributed by atoms with Gasteiger partial charge in [-0.05, 0) is 6.92 Å². The summed E-state index contributed by atoms with van der Waals surface area (Å²) in [5.74, 6) is 0. The third-order valence-corrected chi connectivity index (χ3v) is 2.65. The molecule has 0 unspecified atom stereocenters. The monoisotopic (exact) mass is 232 g/mol. The molecule has 1 aromatic rings. The number of anilines is 1. The molecule has 1 aliphatic heterocycles. The Morgan fingerprint density at radius 3 is 2.71 bits per heavy atom. The predicted molar refractivity (Wildman–Crippen MR) is 56.9 cm³/mol. The molecule has 1 fully saturated rings. The first-order valence-corrected chi connectivity index (χ1v) is 5.02. The second-order valence-electron chi connectivity index (χ2n) is 3.66. The van der Waals surface area contributed by atoms with E-state index in [1.807, 2.05) is 0 Å². The molecule has 1 saturated heterocycles. The van der Waals surface area contributed by atoms with Crippen molar-refractivity contribution >= 4 is 28.9 Å². The van der Waals surface area contributed by atoms with Crippen molar-refractivity contribution in [2.45, 2.75) is 12.5 Å². The van der Waals surface area contributed by atoms with Gasteiger partial charge in [-0.1, -0.05) is 23.2 Å². The topological polar surface area (TPSA) is 49.8 Å². The Labute approximate surface area is 92.0 Å². The lowest BCUT2D eigenvalue weighted by Crippen LogP contribution is -2.62. The van der Waals surface area contributed by atoms with E-state index in [1.165, 1.54) is 0 Å². The van der Waals surface area contributed by atoms with Gasteiger partial charge >= 0.3 is 0 Å². The number of aromatic nitrogens is 2. The molecule has 1 aromatic heterocycles. The Bertz CT molecular complexity index is 351. The third-order valence-electron chi connectivity index (χ3n) is 2.19. The van der Waals surface area contributed by atoms with E-state index in [1.54, 1.807) is 6.07 Å². The van der Waals surface area contributed by atoms with Gasteiger partial charge in [0, 0.05) is 19.2 Å². The lowest BCUT2D eigenvalue weighted by atomic mass is 9.95. The normalized spacial score (nSPS) is 18.8. The van der Waals surface area contributed by atoms with E-state index in [2.05, 4.69) is 27.8 Å². The lowest BCUT2D eigenvalue weighted by molar-refractivity contribution is 0.338. The number of hydrogen-bond acceptors (Lipinski definition) is 4. The molecule has 0 saturated carbocycles. The van der Waals surface area contributed by atoms with E-state index in [0.29, 0.717) is 10.3 Å². The minimum Gasteiger partial charge on any atom is -0.375 e. The van der Waals surface area contributed by atoms with E-state index in [4.69, 9.17) is 23.2 Å². The van der Waals surface area contributed by atoms with Crippen LogP contribution in [0.3, 0.4) is 0 Å². The molecule has 76 valence electrons. The molecular formula is C8H10Cl2N4. The van der Waals surface area contributed by atoms with Crippen LogP contribution in [0.25, 0.3) is 0 Å². The van der Waals surface area contributed by atoms with Crippen molar-refractivity contribution in [1.29, 1.82) is 0 Å². The molecule has 0 spiro atoms. The van der Waals surface area contributed by atoms with Crippen LogP contribution >= 0.6 is 23.2 Å². The molecule has 0 atom stereocenters. The fourth-order valence-corrected chi connectivity index (χ4v) is 1.64. The van der Waals surface area contributed by atoms with E-state index in [-0.39, 0.29) is 5.54 Å². The van der Waals surface area contributed by atoms with Gasteiger partial charge in [0.1, 0.15) is 0 Å². The minimum absolute atomic E-state index is 0.0377. The summed E-state index contributed by atoms with van der Waals surface area (Å²) < 4.78 is 0. The van der Waals surface area contributed by atoms with Crippen LogP contribution < -0.4 is 10.6 Å². The van der Waals surface area contributed by atoms with Crippen molar-refractivity contribution in [2.24, 2.45) is 0 Å². The minimum atomic E-state index is 0.0377. The van der Waals surface area contributed by atoms with Crippen molar-refractivity contribution in [3.05, 3.63) is 16.4 Å². The van der Waals surface area contributed by atoms with E-state index < -0.39 is 0 Å². The van der Waals surface area contributed by atoms with E-state index in [9.17, 15) is 0 Å². The highest BCUT2D eigenvalue weighted by Crippen LogP contribution is 2.25. The number of hydrogen-bond donors (Lipinski definition) is 2. The fourth-order valence-electron chi connectivity index (χ4n) is 1.35. The van der Waals surface area contributed by atoms with Crippen molar-refractivity contribution in [3.8, 4) is 0 Å². The maximum atomic E-state index is 5.87. The molecule has 0 bridgehead atoms. The van der Waals surface area contributed by atoms with Crippen LogP contribution in [0.4, 0.5) is 5.69 Å². The number of halogens is 2. The van der Waals surface area contributed by atoms with Gasteiger partial charge in [-0.2, -0.15) is 0 Å². The summed E-state index contributed by atoms with van der Waals surface area (Å²) in [5.41, 5.74) is 0.770. The van der Waals surface area contributed by atoms with Gasteiger partial charge in [0.2, 0.25) is 0 Å². The maximum Gasteiger partial charge on any atom is 0.174 e.